The summed E-state index contributed by atoms with van der Waals surface area (Å²) < 4.78 is 0. The van der Waals surface area contributed by atoms with Crippen molar-refractivity contribution in [2.24, 2.45) is 0 Å². The minimum Gasteiger partial charge on any atom is -0.0622 e. The first kappa shape index (κ1) is 46.1. The molecule has 0 bridgehead atoms. The second-order valence-electron chi connectivity index (χ2n) is 13.3. The van der Waals surface area contributed by atoms with E-state index in [0.29, 0.717) is 5.66 Å². The first-order chi connectivity index (χ1) is 27.3. The number of benzene rings is 5. The quantitative estimate of drug-likeness (QED) is 0.0970. The van der Waals surface area contributed by atoms with Crippen molar-refractivity contribution in [2.45, 2.75) is 18.2 Å². The number of rotatable bonds is 10. The predicted octanol–water partition coefficient (Wildman–Crippen LogP) is 11.0. The van der Waals surface area contributed by atoms with E-state index in [1.54, 1.807) is 0 Å². The summed E-state index contributed by atoms with van der Waals surface area (Å²) in [5.74, 6) is 5.55. The van der Waals surface area contributed by atoms with E-state index in [1.807, 2.05) is 64.2 Å². The van der Waals surface area contributed by atoms with E-state index in [0.717, 1.165) is 0 Å². The second kappa shape index (κ2) is 24.9. The standard InChI is InChI=1S/C43H36P2.2C5H5.2Fe/c1-33(44(35-21-9-3-10-22-35)36-23-11-4-12-24-36)39-29-17-30-40(39)41-31-18-32-42(41)43(34-19-7-2-8-20-34)45(37-25-13-5-14-26-37)38-27-15-6-16-28-38;2*1-2-4-5-3-1;;/h2-33,43H,1H3;2*1-5H;;/t33-,43-;;;;/m0..../s1. The maximum absolute atomic E-state index is 2.43. The van der Waals surface area contributed by atoms with Crippen LogP contribution in [-0.4, -0.2) is 5.66 Å². The van der Waals surface area contributed by atoms with Crippen LogP contribution in [0.2, 0.25) is 0 Å². The molecule has 2 atom stereocenters. The molecule has 4 aliphatic rings. The van der Waals surface area contributed by atoms with Gasteiger partial charge in [-0.3, -0.25) is 0 Å². The van der Waals surface area contributed by atoms with Gasteiger partial charge in [-0.2, -0.15) is 0 Å². The molecular formula is C53H46Fe2P2. The molecule has 57 heavy (non-hydrogen) atoms. The van der Waals surface area contributed by atoms with E-state index in [-0.39, 0.29) is 39.8 Å². The van der Waals surface area contributed by atoms with Crippen molar-refractivity contribution in [3.05, 3.63) is 284 Å². The van der Waals surface area contributed by atoms with Crippen molar-refractivity contribution in [3.63, 3.8) is 0 Å². The largest absolute Gasteiger partial charge is 0.0622 e. The van der Waals surface area contributed by atoms with Crippen LogP contribution in [0.4, 0.5) is 0 Å². The van der Waals surface area contributed by atoms with Gasteiger partial charge >= 0.3 is 0 Å². The van der Waals surface area contributed by atoms with Crippen LogP contribution in [0.15, 0.2) is 152 Å². The molecule has 0 N–H and O–H groups in total. The van der Waals surface area contributed by atoms with Gasteiger partial charge in [-0.05, 0) is 175 Å². The Balaban J connectivity index is 0.000000452. The summed E-state index contributed by atoms with van der Waals surface area (Å²) in [6.45, 7) is 2.43. The van der Waals surface area contributed by atoms with Crippen molar-refractivity contribution < 1.29 is 34.1 Å². The van der Waals surface area contributed by atoms with Gasteiger partial charge in [-0.1, -0.05) is 159 Å². The van der Waals surface area contributed by atoms with E-state index < -0.39 is 15.8 Å². The molecule has 4 heteroatoms. The predicted molar refractivity (Wildman–Crippen MR) is 239 cm³/mol. The van der Waals surface area contributed by atoms with E-state index in [1.165, 1.54) is 50.5 Å². The summed E-state index contributed by atoms with van der Waals surface area (Å²) in [4.78, 5) is 0. The topological polar surface area (TPSA) is 0 Å². The molecule has 284 valence electrons. The Kier molecular flexibility index (Phi) is 20.2. The van der Waals surface area contributed by atoms with Gasteiger partial charge < -0.3 is 0 Å². The molecule has 0 amide bonds. The molecule has 0 saturated heterocycles. The van der Waals surface area contributed by atoms with Crippen LogP contribution in [0.5, 0.6) is 0 Å². The SMILES string of the molecule is C[C@@H]([C]1[CH][CH][CH][C]1[C]1[CH][CH][CH][C]1[C@H](c1ccccc1)P(c1ccccc1)c1ccccc1)P(c1ccccc1)c1ccccc1.[CH]1[CH][CH][CH][CH]1.[CH]1[CH][CH][CH][CH]1.[Fe].[Fe]. The Bertz CT molecular complexity index is 1660. The van der Waals surface area contributed by atoms with Crippen LogP contribution in [-0.2, 0) is 34.1 Å². The molecular weight excluding hydrogens is 810 g/mol. The van der Waals surface area contributed by atoms with Gasteiger partial charge in [0.15, 0.2) is 0 Å². The van der Waals surface area contributed by atoms with Crippen LogP contribution in [0, 0.1) is 126 Å². The molecule has 4 saturated carbocycles. The molecule has 0 unspecified atom stereocenters. The maximum Gasteiger partial charge on any atom is 0.0193 e. The van der Waals surface area contributed by atoms with Gasteiger partial charge in [0.25, 0.3) is 0 Å². The number of hydrogen-bond acceptors (Lipinski definition) is 0. The maximum atomic E-state index is 2.43. The van der Waals surface area contributed by atoms with Gasteiger partial charge in [0.2, 0.25) is 0 Å². The van der Waals surface area contributed by atoms with E-state index in [2.05, 4.69) is 197 Å². The molecule has 0 spiro atoms. The Morgan fingerprint density at radius 3 is 0.982 bits per heavy atom. The summed E-state index contributed by atoms with van der Waals surface area (Å²) >= 11 is 0. The Hall–Kier alpha value is -2.00. The molecule has 4 aliphatic carbocycles. The second-order valence-corrected chi connectivity index (χ2v) is 18.1. The summed E-state index contributed by atoms with van der Waals surface area (Å²) in [5, 5.41) is 5.62. The fourth-order valence-corrected chi connectivity index (χ4v) is 12.8. The summed E-state index contributed by atoms with van der Waals surface area (Å²) in [6.07, 6.45) is 34.0. The molecule has 5 aromatic rings. The average molecular weight is 857 g/mol. The first-order valence-electron chi connectivity index (χ1n) is 19.0. The smallest absolute Gasteiger partial charge is 0.0193 e. The van der Waals surface area contributed by atoms with Crippen molar-refractivity contribution in [1.82, 2.24) is 0 Å². The molecule has 0 nitrogen and oxygen atoms in total. The normalized spacial score (nSPS) is 18.5. The van der Waals surface area contributed by atoms with Crippen LogP contribution >= 0.6 is 15.8 Å². The summed E-state index contributed by atoms with van der Waals surface area (Å²) in [5.41, 5.74) is 1.91. The molecule has 0 aromatic heterocycles. The van der Waals surface area contributed by atoms with Gasteiger partial charge in [-0.15, -0.1) is 0 Å². The fourth-order valence-electron chi connectivity index (χ4n) is 7.24. The molecule has 0 heterocycles. The fraction of sp³-hybridized carbons (Fsp3) is 0.0566. The van der Waals surface area contributed by atoms with Crippen LogP contribution in [0.25, 0.3) is 0 Å². The van der Waals surface area contributed by atoms with Crippen LogP contribution < -0.4 is 21.2 Å². The van der Waals surface area contributed by atoms with Crippen molar-refractivity contribution in [2.75, 3.05) is 0 Å². The molecule has 5 aromatic carbocycles. The minimum atomic E-state index is -0.739. The van der Waals surface area contributed by atoms with Gasteiger partial charge in [-0.25, -0.2) is 0 Å². The Morgan fingerprint density at radius 1 is 0.316 bits per heavy atom. The zero-order chi connectivity index (χ0) is 37.5. The third-order valence-corrected chi connectivity index (χ3v) is 15.3. The minimum absolute atomic E-state index is 0. The average Bonchev–Trinajstić information content (AvgIpc) is 4.12. The summed E-state index contributed by atoms with van der Waals surface area (Å²) in [7, 11) is -1.34. The Morgan fingerprint density at radius 2 is 0.614 bits per heavy atom. The molecule has 9 rings (SSSR count). The van der Waals surface area contributed by atoms with Crippen molar-refractivity contribution >= 4 is 37.1 Å². The van der Waals surface area contributed by atoms with E-state index in [4.69, 9.17) is 0 Å². The monoisotopic (exact) mass is 856 g/mol. The zero-order valence-electron chi connectivity index (χ0n) is 31.9. The van der Waals surface area contributed by atoms with Gasteiger partial charge in [0, 0.05) is 39.8 Å². The van der Waals surface area contributed by atoms with Crippen molar-refractivity contribution in [3.8, 4) is 0 Å². The molecule has 0 aliphatic heterocycles. The van der Waals surface area contributed by atoms with Gasteiger partial charge in [0.1, 0.15) is 0 Å². The Labute approximate surface area is 370 Å². The molecule has 4 fully saturated rings. The summed E-state index contributed by atoms with van der Waals surface area (Å²) in [6, 6.07) is 55.7. The van der Waals surface area contributed by atoms with Crippen molar-refractivity contribution in [1.29, 1.82) is 0 Å². The van der Waals surface area contributed by atoms with Gasteiger partial charge in [0.05, 0.1) is 0 Å². The van der Waals surface area contributed by atoms with Crippen LogP contribution in [0.3, 0.4) is 0 Å². The molecule has 20 radical (unpaired) electrons. The number of hydrogen-bond donors (Lipinski definition) is 0. The van der Waals surface area contributed by atoms with E-state index in [9.17, 15) is 0 Å². The van der Waals surface area contributed by atoms with E-state index >= 15 is 0 Å². The zero-order valence-corrected chi connectivity index (χ0v) is 35.9. The third kappa shape index (κ3) is 12.5. The third-order valence-electron chi connectivity index (χ3n) is 9.74. The first-order valence-corrected chi connectivity index (χ1v) is 21.8. The van der Waals surface area contributed by atoms with Crippen LogP contribution in [0.1, 0.15) is 18.1 Å².